The number of hydrogen-bond donors (Lipinski definition) is 1. The third-order valence-corrected chi connectivity index (χ3v) is 8.09. The average molecular weight is 653 g/mol. The van der Waals surface area contributed by atoms with Gasteiger partial charge < -0.3 is 10.2 Å². The molecule has 1 N–H and O–H groups in total. The number of halogens is 4. The molecule has 1 aromatic carbocycles. The number of aryl methyl sites for hydroxylation is 1. The summed E-state index contributed by atoms with van der Waals surface area (Å²) < 4.78 is 42.8. The number of benzene rings is 1. The minimum Gasteiger partial charge on any atom is -0.322 e. The molecule has 0 atom stereocenters. The Kier molecular flexibility index (Phi) is 9.05. The summed E-state index contributed by atoms with van der Waals surface area (Å²) in [4.78, 5) is 35.2. The molecule has 1 fully saturated rings. The van der Waals surface area contributed by atoms with E-state index in [1.807, 2.05) is 11.8 Å². The summed E-state index contributed by atoms with van der Waals surface area (Å²) >= 11 is 3.43. The lowest BCUT2D eigenvalue weighted by atomic mass is 10.0. The van der Waals surface area contributed by atoms with Crippen molar-refractivity contribution in [2.45, 2.75) is 33.0 Å². The summed E-state index contributed by atoms with van der Waals surface area (Å²) in [5.41, 5.74) is 3.09. The van der Waals surface area contributed by atoms with Crippen molar-refractivity contribution in [1.29, 1.82) is 0 Å². The van der Waals surface area contributed by atoms with Crippen molar-refractivity contribution in [2.75, 3.05) is 38.0 Å². The highest BCUT2D eigenvalue weighted by Crippen LogP contribution is 2.35. The van der Waals surface area contributed by atoms with Crippen LogP contribution in [0.1, 0.15) is 51.1 Å². The van der Waals surface area contributed by atoms with Gasteiger partial charge in [-0.2, -0.15) is 13.2 Å². The van der Waals surface area contributed by atoms with Crippen LogP contribution >= 0.6 is 15.9 Å². The first-order valence-corrected chi connectivity index (χ1v) is 14.5. The standard InChI is InChI=1S/C31H29BrF3N7O/c1-4-20-12-22(15-37-27(20)14-26-19(3)38-29-25(32)16-36-17-28(29)40-26)30(43)39-23-7-6-21(24(13-23)31(33,34)35)18-42-10-8-41(5-2)9-11-42/h1,6-7,12-13,15-17H,5,8-11,14,18H2,2-3H3,(H,39,43). The van der Waals surface area contributed by atoms with Crippen molar-refractivity contribution >= 4 is 38.6 Å². The van der Waals surface area contributed by atoms with Crippen LogP contribution in [0.5, 0.6) is 0 Å². The third-order valence-electron chi connectivity index (χ3n) is 7.51. The Hall–Kier alpha value is -3.92. The molecule has 4 heterocycles. The van der Waals surface area contributed by atoms with Crippen molar-refractivity contribution in [3.05, 3.63) is 86.7 Å². The fourth-order valence-corrected chi connectivity index (χ4v) is 5.45. The molecule has 0 bridgehead atoms. The number of terminal acetylenes is 1. The van der Waals surface area contributed by atoms with E-state index in [1.54, 1.807) is 12.4 Å². The van der Waals surface area contributed by atoms with Crippen molar-refractivity contribution in [1.82, 2.24) is 29.7 Å². The second-order valence-electron chi connectivity index (χ2n) is 10.3. The normalized spacial score (nSPS) is 14.5. The Labute approximate surface area is 255 Å². The number of fused-ring (bicyclic) bond motifs is 1. The van der Waals surface area contributed by atoms with E-state index >= 15 is 0 Å². The second-order valence-corrected chi connectivity index (χ2v) is 11.2. The predicted octanol–water partition coefficient (Wildman–Crippen LogP) is 5.47. The van der Waals surface area contributed by atoms with Crippen LogP contribution in [0.15, 0.2) is 47.3 Å². The number of nitrogens with one attached hydrogen (secondary N) is 1. The van der Waals surface area contributed by atoms with Crippen molar-refractivity contribution in [3.63, 3.8) is 0 Å². The maximum absolute atomic E-state index is 14.0. The van der Waals surface area contributed by atoms with Crippen LogP contribution in [-0.4, -0.2) is 68.4 Å². The van der Waals surface area contributed by atoms with Crippen LogP contribution in [0.3, 0.4) is 0 Å². The third kappa shape index (κ3) is 7.01. The molecule has 1 saturated heterocycles. The van der Waals surface area contributed by atoms with E-state index in [-0.39, 0.29) is 29.8 Å². The van der Waals surface area contributed by atoms with Crippen molar-refractivity contribution in [3.8, 4) is 12.3 Å². The molecule has 5 rings (SSSR count). The fraction of sp³-hybridized carbons (Fsp3) is 0.323. The minimum absolute atomic E-state index is 0.0324. The van der Waals surface area contributed by atoms with E-state index in [9.17, 15) is 18.0 Å². The molecule has 0 spiro atoms. The van der Waals surface area contributed by atoms with Crippen LogP contribution in [0.2, 0.25) is 0 Å². The summed E-state index contributed by atoms with van der Waals surface area (Å²) in [7, 11) is 0. The number of piperazine rings is 1. The highest BCUT2D eigenvalue weighted by atomic mass is 79.9. The fourth-order valence-electron chi connectivity index (χ4n) is 5.04. The molecule has 1 aliphatic rings. The zero-order valence-corrected chi connectivity index (χ0v) is 25.3. The van der Waals surface area contributed by atoms with Gasteiger partial charge in [-0.05, 0) is 53.2 Å². The summed E-state index contributed by atoms with van der Waals surface area (Å²) in [5.74, 6) is 1.93. The van der Waals surface area contributed by atoms with Crippen LogP contribution in [-0.2, 0) is 19.1 Å². The summed E-state index contributed by atoms with van der Waals surface area (Å²) in [6.45, 7) is 8.06. The first-order chi connectivity index (χ1) is 20.5. The zero-order chi connectivity index (χ0) is 30.7. The molecule has 222 valence electrons. The molecule has 1 amide bonds. The SMILES string of the molecule is C#Cc1cc(C(=O)Nc2ccc(CN3CCN(CC)CC3)c(C(F)(F)F)c2)cnc1Cc1nc2cncc(Br)c2nc1C. The molecular weight excluding hydrogens is 623 g/mol. The van der Waals surface area contributed by atoms with Gasteiger partial charge in [-0.25, -0.2) is 9.97 Å². The number of aromatic nitrogens is 4. The summed E-state index contributed by atoms with van der Waals surface area (Å²) in [5, 5.41) is 2.57. The van der Waals surface area contributed by atoms with Gasteiger partial charge in [0.05, 0.1) is 38.9 Å². The Morgan fingerprint density at radius 3 is 2.51 bits per heavy atom. The smallest absolute Gasteiger partial charge is 0.322 e. The van der Waals surface area contributed by atoms with Gasteiger partial charge in [-0.3, -0.25) is 19.7 Å². The van der Waals surface area contributed by atoms with Gasteiger partial charge in [-0.1, -0.05) is 18.9 Å². The lowest BCUT2D eigenvalue weighted by Gasteiger charge is -2.34. The molecular formula is C31H29BrF3N7O. The quantitative estimate of drug-likeness (QED) is 0.265. The van der Waals surface area contributed by atoms with Crippen LogP contribution in [0.25, 0.3) is 11.0 Å². The van der Waals surface area contributed by atoms with E-state index in [0.29, 0.717) is 46.8 Å². The average Bonchev–Trinajstić information content (AvgIpc) is 2.99. The zero-order valence-electron chi connectivity index (χ0n) is 23.7. The number of nitrogens with zero attached hydrogens (tertiary/aromatic N) is 6. The van der Waals surface area contributed by atoms with Gasteiger partial charge in [0.1, 0.15) is 11.0 Å². The number of pyridine rings is 2. The number of hydrogen-bond acceptors (Lipinski definition) is 7. The van der Waals surface area contributed by atoms with Gasteiger partial charge >= 0.3 is 6.18 Å². The number of anilines is 1. The summed E-state index contributed by atoms with van der Waals surface area (Å²) in [6, 6.07) is 5.39. The summed E-state index contributed by atoms with van der Waals surface area (Å²) in [6.07, 6.45) is 6.05. The number of alkyl halides is 3. The molecule has 0 radical (unpaired) electrons. The van der Waals surface area contributed by atoms with Gasteiger partial charge in [0.2, 0.25) is 0 Å². The van der Waals surface area contributed by atoms with E-state index in [1.165, 1.54) is 24.4 Å². The maximum Gasteiger partial charge on any atom is 0.416 e. The van der Waals surface area contributed by atoms with Gasteiger partial charge in [0.15, 0.2) is 0 Å². The van der Waals surface area contributed by atoms with E-state index in [4.69, 9.17) is 6.42 Å². The molecule has 8 nitrogen and oxygen atoms in total. The molecule has 1 aliphatic heterocycles. The Morgan fingerprint density at radius 2 is 1.81 bits per heavy atom. The highest BCUT2D eigenvalue weighted by Gasteiger charge is 2.34. The molecule has 0 saturated carbocycles. The van der Waals surface area contributed by atoms with Crippen molar-refractivity contribution < 1.29 is 18.0 Å². The van der Waals surface area contributed by atoms with E-state index in [2.05, 4.69) is 58.9 Å². The molecule has 0 unspecified atom stereocenters. The lowest BCUT2D eigenvalue weighted by molar-refractivity contribution is -0.138. The number of carbonyl (C=O) groups is 1. The molecule has 3 aromatic heterocycles. The lowest BCUT2D eigenvalue weighted by Crippen LogP contribution is -2.45. The molecule has 4 aromatic rings. The second kappa shape index (κ2) is 12.8. The van der Waals surface area contributed by atoms with Gasteiger partial charge in [0, 0.05) is 62.8 Å². The van der Waals surface area contributed by atoms with Crippen LogP contribution < -0.4 is 5.32 Å². The number of rotatable bonds is 7. The monoisotopic (exact) mass is 651 g/mol. The Balaban J connectivity index is 1.33. The van der Waals surface area contributed by atoms with Crippen LogP contribution in [0, 0.1) is 19.3 Å². The highest BCUT2D eigenvalue weighted by molar-refractivity contribution is 9.10. The number of likely N-dealkylation sites (N-methyl/N-ethyl adjacent to an activating group) is 1. The van der Waals surface area contributed by atoms with Gasteiger partial charge in [-0.15, -0.1) is 6.42 Å². The van der Waals surface area contributed by atoms with Crippen LogP contribution in [0.4, 0.5) is 18.9 Å². The van der Waals surface area contributed by atoms with E-state index in [0.717, 1.165) is 30.2 Å². The number of carbonyl (C=O) groups excluding carboxylic acids is 1. The first-order valence-electron chi connectivity index (χ1n) is 13.7. The Bertz CT molecular complexity index is 1710. The van der Waals surface area contributed by atoms with E-state index < -0.39 is 17.6 Å². The van der Waals surface area contributed by atoms with Gasteiger partial charge in [0.25, 0.3) is 5.91 Å². The largest absolute Gasteiger partial charge is 0.416 e. The maximum atomic E-state index is 14.0. The Morgan fingerprint density at radius 1 is 1.07 bits per heavy atom. The minimum atomic E-state index is -4.57. The molecule has 43 heavy (non-hydrogen) atoms. The predicted molar refractivity (Wildman–Crippen MR) is 162 cm³/mol. The molecule has 0 aliphatic carbocycles. The molecule has 12 heteroatoms. The first kappa shape index (κ1) is 30.5. The topological polar surface area (TPSA) is 87.1 Å². The van der Waals surface area contributed by atoms with Crippen molar-refractivity contribution in [2.24, 2.45) is 0 Å². The number of amides is 1.